The van der Waals surface area contributed by atoms with E-state index in [1.807, 2.05) is 53.5 Å². The zero-order valence-electron chi connectivity index (χ0n) is 16.4. The Morgan fingerprint density at radius 2 is 2.03 bits per heavy atom. The van der Waals surface area contributed by atoms with Crippen LogP contribution in [0.25, 0.3) is 0 Å². The van der Waals surface area contributed by atoms with Crippen molar-refractivity contribution in [2.45, 2.75) is 50.7 Å². The molecule has 1 fully saturated rings. The Bertz CT molecular complexity index is 846. The summed E-state index contributed by atoms with van der Waals surface area (Å²) in [6, 6.07) is 13.4. The zero-order chi connectivity index (χ0) is 20.6. The highest BCUT2D eigenvalue weighted by molar-refractivity contribution is 7.13. The van der Waals surface area contributed by atoms with Gasteiger partial charge in [0.05, 0.1) is 12.1 Å². The summed E-state index contributed by atoms with van der Waals surface area (Å²) in [4.78, 5) is 26.7. The van der Waals surface area contributed by atoms with Crippen LogP contribution >= 0.6 is 11.3 Å². The third-order valence-corrected chi connectivity index (χ3v) is 6.28. The molecule has 2 N–H and O–H groups in total. The Hall–Kier alpha value is -2.44. The summed E-state index contributed by atoms with van der Waals surface area (Å²) >= 11 is 1.29. The van der Waals surface area contributed by atoms with E-state index >= 15 is 0 Å². The topological polar surface area (TPSA) is 77.8 Å². The third kappa shape index (κ3) is 6.27. The number of aromatic carboxylic acids is 1. The molecule has 1 saturated heterocycles. The second-order valence-corrected chi connectivity index (χ2v) is 8.53. The largest absolute Gasteiger partial charge is 0.477 e. The first-order valence-electron chi connectivity index (χ1n) is 10.0. The van der Waals surface area contributed by atoms with E-state index < -0.39 is 12.1 Å². The Morgan fingerprint density at radius 1 is 1.24 bits per heavy atom. The van der Waals surface area contributed by atoms with Gasteiger partial charge < -0.3 is 15.1 Å². The zero-order valence-corrected chi connectivity index (χ0v) is 17.2. The summed E-state index contributed by atoms with van der Waals surface area (Å²) < 4.78 is 0. The van der Waals surface area contributed by atoms with Crippen LogP contribution in [0, 0.1) is 0 Å². The molecular formula is C23H27NO4S. The number of carbonyl (C=O) groups excluding carboxylic acids is 1. The predicted octanol–water partition coefficient (Wildman–Crippen LogP) is 3.92. The van der Waals surface area contributed by atoms with Gasteiger partial charge >= 0.3 is 5.97 Å². The third-order valence-electron chi connectivity index (χ3n) is 5.15. The molecule has 0 spiro atoms. The van der Waals surface area contributed by atoms with E-state index in [-0.39, 0.29) is 11.9 Å². The van der Waals surface area contributed by atoms with E-state index in [1.165, 1.54) is 11.3 Å². The fourth-order valence-electron chi connectivity index (χ4n) is 3.67. The molecule has 1 aliphatic heterocycles. The van der Waals surface area contributed by atoms with E-state index in [1.54, 1.807) is 6.07 Å². The van der Waals surface area contributed by atoms with Gasteiger partial charge in [-0.3, -0.25) is 4.79 Å². The quantitative estimate of drug-likeness (QED) is 0.611. The first-order valence-corrected chi connectivity index (χ1v) is 10.9. The van der Waals surface area contributed by atoms with E-state index in [2.05, 4.69) is 0 Å². The van der Waals surface area contributed by atoms with Gasteiger partial charge in [0.15, 0.2) is 0 Å². The average Bonchev–Trinajstić information content (AvgIpc) is 3.18. The molecular weight excluding hydrogens is 386 g/mol. The number of thiophene rings is 1. The van der Waals surface area contributed by atoms with Gasteiger partial charge in [-0.15, -0.1) is 11.3 Å². The summed E-state index contributed by atoms with van der Waals surface area (Å²) in [5.41, 5.74) is 1.08. The highest BCUT2D eigenvalue weighted by Gasteiger charge is 2.25. The molecule has 1 aromatic heterocycles. The number of carbonyl (C=O) groups is 2. The second-order valence-electron chi connectivity index (χ2n) is 7.36. The van der Waals surface area contributed by atoms with E-state index in [9.17, 15) is 14.7 Å². The number of aliphatic hydroxyl groups excluding tert-OH is 1. The Kier molecular flexibility index (Phi) is 7.61. The Labute approximate surface area is 175 Å². The lowest BCUT2D eigenvalue weighted by Crippen LogP contribution is -2.43. The van der Waals surface area contributed by atoms with Crippen LogP contribution in [-0.4, -0.2) is 45.7 Å². The number of carboxylic acids is 1. The van der Waals surface area contributed by atoms with Crippen LogP contribution in [0.4, 0.5) is 0 Å². The molecule has 1 aliphatic rings. The van der Waals surface area contributed by atoms with Gasteiger partial charge in [0.2, 0.25) is 5.91 Å². The van der Waals surface area contributed by atoms with Crippen LogP contribution in [0.1, 0.15) is 45.8 Å². The smallest absolute Gasteiger partial charge is 0.345 e. The first kappa shape index (κ1) is 21.3. The lowest BCUT2D eigenvalue weighted by Gasteiger charge is -2.34. The number of amides is 1. The molecule has 0 saturated carbocycles. The molecule has 2 unspecified atom stereocenters. The van der Waals surface area contributed by atoms with E-state index in [0.29, 0.717) is 24.3 Å². The minimum absolute atomic E-state index is 0.0135. The van der Waals surface area contributed by atoms with Crippen molar-refractivity contribution in [2.75, 3.05) is 6.54 Å². The molecule has 1 aromatic carbocycles. The fraction of sp³-hybridized carbons (Fsp3) is 0.391. The molecule has 6 heteroatoms. The maximum Gasteiger partial charge on any atom is 0.345 e. The maximum atomic E-state index is 12.4. The molecule has 5 nitrogen and oxygen atoms in total. The molecule has 3 rings (SSSR count). The average molecular weight is 414 g/mol. The van der Waals surface area contributed by atoms with Crippen molar-refractivity contribution in [3.05, 3.63) is 69.9 Å². The standard InChI is InChI=1S/C23H27NO4S/c25-19(16-17-6-2-1-3-7-17)12-11-18-8-4-10-22(26)24(18)15-5-9-20-13-14-21(29-20)23(27)28/h1-3,6-7,11-14,18-19,25H,4-5,8-10,15-16H2,(H,27,28). The summed E-state index contributed by atoms with van der Waals surface area (Å²) in [6.07, 6.45) is 7.66. The van der Waals surface area contributed by atoms with Gasteiger partial charge in [-0.1, -0.05) is 42.5 Å². The molecule has 29 heavy (non-hydrogen) atoms. The number of piperidine rings is 1. The van der Waals surface area contributed by atoms with Crippen molar-refractivity contribution in [3.63, 3.8) is 0 Å². The number of nitrogens with zero attached hydrogens (tertiary/aromatic N) is 1. The fourth-order valence-corrected chi connectivity index (χ4v) is 4.56. The van der Waals surface area contributed by atoms with Crippen molar-refractivity contribution in [3.8, 4) is 0 Å². The molecule has 2 heterocycles. The van der Waals surface area contributed by atoms with Gasteiger partial charge in [-0.2, -0.15) is 0 Å². The maximum absolute atomic E-state index is 12.4. The van der Waals surface area contributed by atoms with Gasteiger partial charge in [-0.25, -0.2) is 4.79 Å². The molecule has 2 aromatic rings. The van der Waals surface area contributed by atoms with Gasteiger partial charge in [-0.05, 0) is 43.4 Å². The number of rotatable bonds is 9. The summed E-state index contributed by atoms with van der Waals surface area (Å²) in [7, 11) is 0. The summed E-state index contributed by atoms with van der Waals surface area (Å²) in [5.74, 6) is -0.743. The Balaban J connectivity index is 1.53. The number of hydrogen-bond acceptors (Lipinski definition) is 4. The number of aliphatic hydroxyl groups is 1. The molecule has 0 bridgehead atoms. The molecule has 1 amide bonds. The highest BCUT2D eigenvalue weighted by atomic mass is 32.1. The summed E-state index contributed by atoms with van der Waals surface area (Å²) in [6.45, 7) is 0.642. The van der Waals surface area contributed by atoms with Crippen LogP contribution in [0.5, 0.6) is 0 Å². The number of aryl methyl sites for hydroxylation is 1. The van der Waals surface area contributed by atoms with Crippen LogP contribution in [0.3, 0.4) is 0 Å². The normalized spacial score (nSPS) is 18.3. The monoisotopic (exact) mass is 413 g/mol. The number of hydrogen-bond donors (Lipinski definition) is 2. The van der Waals surface area contributed by atoms with E-state index in [4.69, 9.17) is 5.11 Å². The Morgan fingerprint density at radius 3 is 2.76 bits per heavy atom. The number of carboxylic acid groups (broad SMARTS) is 1. The number of likely N-dealkylation sites (tertiary alicyclic amines) is 1. The van der Waals surface area contributed by atoms with Crippen LogP contribution in [0.15, 0.2) is 54.6 Å². The predicted molar refractivity (Wildman–Crippen MR) is 114 cm³/mol. The van der Waals surface area contributed by atoms with Crippen molar-refractivity contribution in [2.24, 2.45) is 0 Å². The van der Waals surface area contributed by atoms with Crippen molar-refractivity contribution in [1.82, 2.24) is 4.90 Å². The number of benzene rings is 1. The molecule has 0 aliphatic carbocycles. The highest BCUT2D eigenvalue weighted by Crippen LogP contribution is 2.22. The van der Waals surface area contributed by atoms with Crippen LogP contribution in [-0.2, 0) is 17.6 Å². The first-order chi connectivity index (χ1) is 14.0. The minimum atomic E-state index is -0.897. The lowest BCUT2D eigenvalue weighted by atomic mass is 9.99. The van der Waals surface area contributed by atoms with Crippen molar-refractivity contribution >= 4 is 23.2 Å². The van der Waals surface area contributed by atoms with Crippen LogP contribution < -0.4 is 0 Å². The minimum Gasteiger partial charge on any atom is -0.477 e. The van der Waals surface area contributed by atoms with Gasteiger partial charge in [0, 0.05) is 24.3 Å². The molecule has 154 valence electrons. The van der Waals surface area contributed by atoms with Gasteiger partial charge in [0.25, 0.3) is 0 Å². The van der Waals surface area contributed by atoms with Crippen LogP contribution in [0.2, 0.25) is 0 Å². The van der Waals surface area contributed by atoms with E-state index in [0.717, 1.165) is 36.1 Å². The lowest BCUT2D eigenvalue weighted by molar-refractivity contribution is -0.135. The summed E-state index contributed by atoms with van der Waals surface area (Å²) in [5, 5.41) is 19.3. The SMILES string of the molecule is O=C(O)c1ccc(CCCN2C(=O)CCCC2C=CC(O)Cc2ccccc2)s1. The second kappa shape index (κ2) is 10.4. The van der Waals surface area contributed by atoms with Crippen molar-refractivity contribution in [1.29, 1.82) is 0 Å². The molecule has 0 radical (unpaired) electrons. The van der Waals surface area contributed by atoms with Crippen molar-refractivity contribution < 1.29 is 19.8 Å². The van der Waals surface area contributed by atoms with Gasteiger partial charge in [0.1, 0.15) is 4.88 Å². The molecule has 2 atom stereocenters.